The van der Waals surface area contributed by atoms with Crippen LogP contribution in [0.2, 0.25) is 0 Å². The summed E-state index contributed by atoms with van der Waals surface area (Å²) in [4.78, 5) is 25.2. The lowest BCUT2D eigenvalue weighted by atomic mass is 10.1. The third-order valence-electron chi connectivity index (χ3n) is 3.07. The van der Waals surface area contributed by atoms with Gasteiger partial charge in [0.1, 0.15) is 0 Å². The van der Waals surface area contributed by atoms with E-state index in [1.807, 2.05) is 13.0 Å². The van der Waals surface area contributed by atoms with Crippen LogP contribution in [0.1, 0.15) is 22.3 Å². The minimum Gasteiger partial charge on any atom is -0.398 e. The monoisotopic (exact) mass is 247 g/mol. The second-order valence-corrected chi connectivity index (χ2v) is 4.50. The van der Waals surface area contributed by atoms with Crippen LogP contribution in [0.3, 0.4) is 0 Å². The van der Waals surface area contributed by atoms with Gasteiger partial charge >= 0.3 is 0 Å². The zero-order chi connectivity index (χ0) is 13.1. The number of hydrogen-bond donors (Lipinski definition) is 2. The molecule has 1 heterocycles. The number of rotatable bonds is 1. The summed E-state index contributed by atoms with van der Waals surface area (Å²) in [5, 5.41) is 2.74. The van der Waals surface area contributed by atoms with Gasteiger partial charge in [0.15, 0.2) is 0 Å². The fraction of sp³-hybridized carbons (Fsp3) is 0.385. The van der Waals surface area contributed by atoms with E-state index in [2.05, 4.69) is 5.32 Å². The third kappa shape index (κ3) is 2.61. The Balaban J connectivity index is 2.19. The minimum absolute atomic E-state index is 0.110. The molecule has 0 atom stereocenters. The van der Waals surface area contributed by atoms with Crippen molar-refractivity contribution < 1.29 is 9.59 Å². The van der Waals surface area contributed by atoms with E-state index in [9.17, 15) is 9.59 Å². The van der Waals surface area contributed by atoms with Crippen LogP contribution in [0.4, 0.5) is 5.69 Å². The van der Waals surface area contributed by atoms with E-state index in [0.717, 1.165) is 12.0 Å². The molecular formula is C13H17N3O2. The lowest BCUT2D eigenvalue weighted by molar-refractivity contribution is -0.121. The maximum atomic E-state index is 12.3. The Morgan fingerprint density at radius 3 is 2.94 bits per heavy atom. The topological polar surface area (TPSA) is 75.4 Å². The van der Waals surface area contributed by atoms with Crippen molar-refractivity contribution in [1.82, 2.24) is 10.2 Å². The molecule has 1 aliphatic rings. The molecule has 0 aliphatic carbocycles. The summed E-state index contributed by atoms with van der Waals surface area (Å²) in [5.41, 5.74) is 7.87. The van der Waals surface area contributed by atoms with E-state index in [0.29, 0.717) is 24.3 Å². The first-order valence-corrected chi connectivity index (χ1v) is 6.00. The van der Waals surface area contributed by atoms with E-state index < -0.39 is 0 Å². The fourth-order valence-corrected chi connectivity index (χ4v) is 1.94. The van der Waals surface area contributed by atoms with E-state index in [1.165, 1.54) is 0 Å². The average Bonchev–Trinajstić information content (AvgIpc) is 2.56. The first-order valence-electron chi connectivity index (χ1n) is 6.00. The molecule has 1 saturated heterocycles. The Labute approximate surface area is 106 Å². The molecule has 96 valence electrons. The molecule has 0 saturated carbocycles. The summed E-state index contributed by atoms with van der Waals surface area (Å²) in [6.07, 6.45) is 0.777. The highest BCUT2D eigenvalue weighted by Crippen LogP contribution is 2.15. The van der Waals surface area contributed by atoms with E-state index in [-0.39, 0.29) is 18.4 Å². The molecule has 0 radical (unpaired) electrons. The highest BCUT2D eigenvalue weighted by atomic mass is 16.2. The van der Waals surface area contributed by atoms with Crippen LogP contribution in [0, 0.1) is 6.92 Å². The van der Waals surface area contributed by atoms with Gasteiger partial charge in [-0.25, -0.2) is 0 Å². The van der Waals surface area contributed by atoms with Crippen LogP contribution in [0.25, 0.3) is 0 Å². The van der Waals surface area contributed by atoms with E-state index >= 15 is 0 Å². The number of carbonyl (C=O) groups excluding carboxylic acids is 2. The molecule has 18 heavy (non-hydrogen) atoms. The first-order chi connectivity index (χ1) is 8.58. The Hall–Kier alpha value is -2.04. The number of nitrogen functional groups attached to an aromatic ring is 1. The van der Waals surface area contributed by atoms with Crippen molar-refractivity contribution in [1.29, 1.82) is 0 Å². The van der Waals surface area contributed by atoms with Crippen molar-refractivity contribution in [2.45, 2.75) is 13.3 Å². The van der Waals surface area contributed by atoms with Crippen molar-refractivity contribution in [3.63, 3.8) is 0 Å². The zero-order valence-electron chi connectivity index (χ0n) is 10.4. The Morgan fingerprint density at radius 1 is 1.44 bits per heavy atom. The molecule has 2 amide bonds. The van der Waals surface area contributed by atoms with Gasteiger partial charge < -0.3 is 16.0 Å². The first kappa shape index (κ1) is 12.4. The predicted octanol–water partition coefficient (Wildman–Crippen LogP) is 0.539. The Kier molecular flexibility index (Phi) is 3.50. The normalized spacial score (nSPS) is 16.1. The molecule has 1 aromatic carbocycles. The van der Waals surface area contributed by atoms with Crippen molar-refractivity contribution in [2.75, 3.05) is 25.4 Å². The van der Waals surface area contributed by atoms with E-state index in [1.54, 1.807) is 17.0 Å². The maximum Gasteiger partial charge on any atom is 0.254 e. The van der Waals surface area contributed by atoms with Gasteiger partial charge in [-0.2, -0.15) is 0 Å². The third-order valence-corrected chi connectivity index (χ3v) is 3.07. The summed E-state index contributed by atoms with van der Waals surface area (Å²) in [6, 6.07) is 5.23. The van der Waals surface area contributed by atoms with Gasteiger partial charge in [0, 0.05) is 24.3 Å². The van der Waals surface area contributed by atoms with Gasteiger partial charge in [0.25, 0.3) is 5.91 Å². The second-order valence-electron chi connectivity index (χ2n) is 4.50. The lowest BCUT2D eigenvalue weighted by Crippen LogP contribution is -2.37. The summed E-state index contributed by atoms with van der Waals surface area (Å²) in [6.45, 7) is 3.22. The summed E-state index contributed by atoms with van der Waals surface area (Å²) in [5.74, 6) is -0.250. The minimum atomic E-state index is -0.140. The number of nitrogens with zero attached hydrogens (tertiary/aromatic N) is 1. The average molecular weight is 247 g/mol. The Bertz CT molecular complexity index is 485. The lowest BCUT2D eigenvalue weighted by Gasteiger charge is -2.19. The second kappa shape index (κ2) is 5.08. The van der Waals surface area contributed by atoms with Crippen LogP contribution in [-0.2, 0) is 4.79 Å². The molecular weight excluding hydrogens is 230 g/mol. The number of nitrogens with two attached hydrogens (primary N) is 1. The molecule has 0 aromatic heterocycles. The SMILES string of the molecule is Cc1ccc(C(=O)N2CCCNC(=O)C2)cc1N. The van der Waals surface area contributed by atoms with Crippen molar-refractivity contribution in [3.05, 3.63) is 29.3 Å². The van der Waals surface area contributed by atoms with Crippen LogP contribution in [0.5, 0.6) is 0 Å². The maximum absolute atomic E-state index is 12.3. The van der Waals surface area contributed by atoms with Crippen molar-refractivity contribution in [3.8, 4) is 0 Å². The van der Waals surface area contributed by atoms with Crippen LogP contribution < -0.4 is 11.1 Å². The van der Waals surface area contributed by atoms with Gasteiger partial charge in [0.2, 0.25) is 5.91 Å². The highest BCUT2D eigenvalue weighted by Gasteiger charge is 2.21. The predicted molar refractivity (Wildman–Crippen MR) is 69.1 cm³/mol. The van der Waals surface area contributed by atoms with Crippen LogP contribution >= 0.6 is 0 Å². The standard InChI is InChI=1S/C13H17N3O2/c1-9-3-4-10(7-11(9)14)13(18)16-6-2-5-15-12(17)8-16/h3-4,7H,2,5-6,8,14H2,1H3,(H,15,17). The van der Waals surface area contributed by atoms with Crippen LogP contribution in [-0.4, -0.2) is 36.3 Å². The molecule has 1 fully saturated rings. The van der Waals surface area contributed by atoms with Gasteiger partial charge in [-0.1, -0.05) is 6.07 Å². The molecule has 0 bridgehead atoms. The largest absolute Gasteiger partial charge is 0.398 e. The number of carbonyl (C=O) groups is 2. The smallest absolute Gasteiger partial charge is 0.254 e. The number of nitrogens with one attached hydrogen (secondary N) is 1. The molecule has 0 spiro atoms. The number of anilines is 1. The quantitative estimate of drug-likeness (QED) is 0.711. The molecule has 3 N–H and O–H groups in total. The zero-order valence-corrected chi connectivity index (χ0v) is 10.4. The number of hydrogen-bond acceptors (Lipinski definition) is 3. The fourth-order valence-electron chi connectivity index (χ4n) is 1.94. The summed E-state index contributed by atoms with van der Waals surface area (Å²) in [7, 11) is 0. The molecule has 2 rings (SSSR count). The summed E-state index contributed by atoms with van der Waals surface area (Å²) < 4.78 is 0. The number of benzene rings is 1. The molecule has 0 unspecified atom stereocenters. The molecule has 5 heteroatoms. The van der Waals surface area contributed by atoms with Gasteiger partial charge in [-0.3, -0.25) is 9.59 Å². The van der Waals surface area contributed by atoms with Crippen molar-refractivity contribution >= 4 is 17.5 Å². The molecule has 5 nitrogen and oxygen atoms in total. The highest BCUT2D eigenvalue weighted by molar-refractivity contribution is 5.97. The van der Waals surface area contributed by atoms with Gasteiger partial charge in [0.05, 0.1) is 6.54 Å². The number of aryl methyl sites for hydroxylation is 1. The number of amides is 2. The van der Waals surface area contributed by atoms with Gasteiger partial charge in [-0.15, -0.1) is 0 Å². The van der Waals surface area contributed by atoms with E-state index in [4.69, 9.17) is 5.73 Å². The molecule has 1 aliphatic heterocycles. The molecule has 1 aromatic rings. The summed E-state index contributed by atoms with van der Waals surface area (Å²) >= 11 is 0. The van der Waals surface area contributed by atoms with Crippen LogP contribution in [0.15, 0.2) is 18.2 Å². The van der Waals surface area contributed by atoms with Gasteiger partial charge in [-0.05, 0) is 31.0 Å². The van der Waals surface area contributed by atoms with Crippen molar-refractivity contribution in [2.24, 2.45) is 0 Å². The Morgan fingerprint density at radius 2 is 2.22 bits per heavy atom.